The number of hydrogen-bond acceptors (Lipinski definition) is 6. The van der Waals surface area contributed by atoms with E-state index in [-0.39, 0.29) is 5.91 Å². The molecule has 0 radical (unpaired) electrons. The van der Waals surface area contributed by atoms with Crippen molar-refractivity contribution in [2.75, 3.05) is 60.5 Å². The Hall–Kier alpha value is -2.71. The van der Waals surface area contributed by atoms with Gasteiger partial charge in [0.15, 0.2) is 5.69 Å². The second-order valence-corrected chi connectivity index (χ2v) is 7.40. The van der Waals surface area contributed by atoms with E-state index in [0.29, 0.717) is 12.2 Å². The first kappa shape index (κ1) is 21.0. The van der Waals surface area contributed by atoms with Gasteiger partial charge < -0.3 is 19.4 Å². The van der Waals surface area contributed by atoms with E-state index >= 15 is 0 Å². The summed E-state index contributed by atoms with van der Waals surface area (Å²) in [5, 5.41) is 8.19. The average molecular weight is 399 g/mol. The Morgan fingerprint density at radius 2 is 1.93 bits per heavy atom. The van der Waals surface area contributed by atoms with Crippen molar-refractivity contribution in [3.63, 3.8) is 0 Å². The minimum Gasteiger partial charge on any atom is -0.497 e. The lowest BCUT2D eigenvalue weighted by atomic mass is 10.2. The summed E-state index contributed by atoms with van der Waals surface area (Å²) in [5.41, 5.74) is 1.57. The molecule has 1 aromatic carbocycles. The molecule has 0 unspecified atom stereocenters. The Labute approximate surface area is 172 Å². The number of nitrogens with zero attached hydrogens (tertiary/aromatic N) is 6. The van der Waals surface area contributed by atoms with Gasteiger partial charge in [-0.3, -0.25) is 9.48 Å². The average Bonchev–Trinajstić information content (AvgIpc) is 3.22. The number of aromatic nitrogens is 3. The third-order valence-electron chi connectivity index (χ3n) is 5.10. The van der Waals surface area contributed by atoms with E-state index in [4.69, 9.17) is 4.74 Å². The van der Waals surface area contributed by atoms with Crippen molar-refractivity contribution in [1.29, 1.82) is 0 Å². The van der Waals surface area contributed by atoms with Crippen LogP contribution in [-0.2, 0) is 6.54 Å². The molecule has 8 nitrogen and oxygen atoms in total. The van der Waals surface area contributed by atoms with Crippen LogP contribution in [0.5, 0.6) is 5.75 Å². The molecule has 2 aromatic rings. The SMILES string of the molecule is COc1ccc(C=CCN(C)CCn2cc(C(=O)N3CCN(C)CC3)nn2)cc1. The van der Waals surface area contributed by atoms with Gasteiger partial charge in [-0.2, -0.15) is 0 Å². The second-order valence-electron chi connectivity index (χ2n) is 7.40. The van der Waals surface area contributed by atoms with Gasteiger partial charge in [-0.25, -0.2) is 0 Å². The van der Waals surface area contributed by atoms with Gasteiger partial charge >= 0.3 is 0 Å². The highest BCUT2D eigenvalue weighted by molar-refractivity contribution is 5.92. The summed E-state index contributed by atoms with van der Waals surface area (Å²) >= 11 is 0. The summed E-state index contributed by atoms with van der Waals surface area (Å²) in [6.07, 6.45) is 5.98. The summed E-state index contributed by atoms with van der Waals surface area (Å²) in [7, 11) is 5.80. The van der Waals surface area contributed by atoms with Crippen molar-refractivity contribution in [2.24, 2.45) is 0 Å². The molecule has 156 valence electrons. The number of likely N-dealkylation sites (N-methyl/N-ethyl adjacent to an activating group) is 2. The van der Waals surface area contributed by atoms with Crippen LogP contribution in [0, 0.1) is 0 Å². The molecule has 1 fully saturated rings. The van der Waals surface area contributed by atoms with E-state index < -0.39 is 0 Å². The third kappa shape index (κ3) is 6.13. The minimum absolute atomic E-state index is 0.0277. The van der Waals surface area contributed by atoms with Crippen LogP contribution in [0.25, 0.3) is 6.08 Å². The van der Waals surface area contributed by atoms with Crippen molar-refractivity contribution in [1.82, 2.24) is 29.7 Å². The molecule has 1 aliphatic heterocycles. The van der Waals surface area contributed by atoms with Gasteiger partial charge in [-0.05, 0) is 31.8 Å². The molecule has 0 bridgehead atoms. The van der Waals surface area contributed by atoms with Crippen molar-refractivity contribution in [2.45, 2.75) is 6.54 Å². The minimum atomic E-state index is -0.0277. The van der Waals surface area contributed by atoms with E-state index in [9.17, 15) is 4.79 Å². The first-order chi connectivity index (χ1) is 14.0. The molecule has 8 heteroatoms. The number of benzene rings is 1. The van der Waals surface area contributed by atoms with Crippen molar-refractivity contribution < 1.29 is 9.53 Å². The number of amides is 1. The second kappa shape index (κ2) is 10.2. The Morgan fingerprint density at radius 1 is 1.21 bits per heavy atom. The topological polar surface area (TPSA) is 66.7 Å². The van der Waals surface area contributed by atoms with Crippen molar-refractivity contribution in [3.05, 3.63) is 47.8 Å². The molecule has 1 saturated heterocycles. The number of carbonyl (C=O) groups is 1. The summed E-state index contributed by atoms with van der Waals surface area (Å²) < 4.78 is 6.91. The first-order valence-corrected chi connectivity index (χ1v) is 9.92. The van der Waals surface area contributed by atoms with Gasteiger partial charge in [0.1, 0.15) is 5.75 Å². The van der Waals surface area contributed by atoms with E-state index in [2.05, 4.69) is 46.4 Å². The van der Waals surface area contributed by atoms with Gasteiger partial charge in [-0.1, -0.05) is 29.5 Å². The monoisotopic (exact) mass is 398 g/mol. The van der Waals surface area contributed by atoms with E-state index in [1.807, 2.05) is 29.2 Å². The summed E-state index contributed by atoms with van der Waals surface area (Å²) in [4.78, 5) is 18.8. The lowest BCUT2D eigenvalue weighted by Gasteiger charge is -2.31. The quantitative estimate of drug-likeness (QED) is 0.668. The van der Waals surface area contributed by atoms with Crippen LogP contribution in [0.1, 0.15) is 16.1 Å². The molecular formula is C21H30N6O2. The Balaban J connectivity index is 1.42. The number of rotatable bonds is 8. The highest BCUT2D eigenvalue weighted by Crippen LogP contribution is 2.12. The summed E-state index contributed by atoms with van der Waals surface area (Å²) in [6.45, 7) is 5.61. The smallest absolute Gasteiger partial charge is 0.276 e. The van der Waals surface area contributed by atoms with Crippen LogP contribution in [0.15, 0.2) is 36.5 Å². The number of hydrogen-bond donors (Lipinski definition) is 0. The predicted octanol–water partition coefficient (Wildman–Crippen LogP) is 1.32. The van der Waals surface area contributed by atoms with E-state index in [1.54, 1.807) is 18.0 Å². The highest BCUT2D eigenvalue weighted by atomic mass is 16.5. The van der Waals surface area contributed by atoms with Crippen molar-refractivity contribution >= 4 is 12.0 Å². The summed E-state index contributed by atoms with van der Waals surface area (Å²) in [6, 6.07) is 7.97. The Morgan fingerprint density at radius 3 is 2.62 bits per heavy atom. The molecule has 2 heterocycles. The van der Waals surface area contributed by atoms with Crippen LogP contribution in [0.2, 0.25) is 0 Å². The molecule has 0 atom stereocenters. The maximum absolute atomic E-state index is 12.5. The Kier molecular flexibility index (Phi) is 7.37. The van der Waals surface area contributed by atoms with Crippen LogP contribution in [-0.4, -0.2) is 96.1 Å². The molecule has 0 aliphatic carbocycles. The van der Waals surface area contributed by atoms with Crippen LogP contribution < -0.4 is 4.74 Å². The maximum Gasteiger partial charge on any atom is 0.276 e. The maximum atomic E-state index is 12.5. The number of ether oxygens (including phenoxy) is 1. The standard InChI is InChI=1S/C21H30N6O2/c1-24(10-4-5-18-6-8-19(29-3)9-7-18)13-16-27-17-20(22-23-27)21(28)26-14-11-25(2)12-15-26/h4-9,17H,10-16H2,1-3H3. The van der Waals surface area contributed by atoms with Crippen LogP contribution in [0.3, 0.4) is 0 Å². The van der Waals surface area contributed by atoms with Crippen molar-refractivity contribution in [3.8, 4) is 5.75 Å². The summed E-state index contributed by atoms with van der Waals surface area (Å²) in [5.74, 6) is 0.831. The fourth-order valence-electron chi connectivity index (χ4n) is 3.13. The number of methoxy groups -OCH3 is 1. The van der Waals surface area contributed by atoms with Gasteiger partial charge in [0, 0.05) is 39.3 Å². The molecule has 1 amide bonds. The zero-order chi connectivity index (χ0) is 20.6. The van der Waals surface area contributed by atoms with E-state index in [0.717, 1.165) is 50.6 Å². The predicted molar refractivity (Wildman–Crippen MR) is 113 cm³/mol. The lowest BCUT2D eigenvalue weighted by molar-refractivity contribution is 0.0658. The van der Waals surface area contributed by atoms with Gasteiger partial charge in [-0.15, -0.1) is 5.10 Å². The molecule has 0 spiro atoms. The van der Waals surface area contributed by atoms with Gasteiger partial charge in [0.2, 0.25) is 0 Å². The fraction of sp³-hybridized carbons (Fsp3) is 0.476. The lowest BCUT2D eigenvalue weighted by Crippen LogP contribution is -2.47. The van der Waals surface area contributed by atoms with Gasteiger partial charge in [0.05, 0.1) is 19.9 Å². The molecular weight excluding hydrogens is 368 g/mol. The van der Waals surface area contributed by atoms with Gasteiger partial charge in [0.25, 0.3) is 5.91 Å². The fourth-order valence-corrected chi connectivity index (χ4v) is 3.13. The highest BCUT2D eigenvalue weighted by Gasteiger charge is 2.22. The molecule has 29 heavy (non-hydrogen) atoms. The van der Waals surface area contributed by atoms with E-state index in [1.165, 1.54) is 0 Å². The third-order valence-corrected chi connectivity index (χ3v) is 5.10. The molecule has 1 aliphatic rings. The zero-order valence-corrected chi connectivity index (χ0v) is 17.5. The Bertz CT molecular complexity index is 809. The normalized spacial score (nSPS) is 15.4. The zero-order valence-electron chi connectivity index (χ0n) is 17.5. The first-order valence-electron chi connectivity index (χ1n) is 9.92. The molecule has 0 N–H and O–H groups in total. The van der Waals surface area contributed by atoms with Crippen LogP contribution >= 0.6 is 0 Å². The number of carbonyl (C=O) groups excluding carboxylic acids is 1. The molecule has 0 saturated carbocycles. The largest absolute Gasteiger partial charge is 0.497 e. The molecule has 3 rings (SSSR count). The number of piperazine rings is 1. The molecule has 1 aromatic heterocycles. The van der Waals surface area contributed by atoms with Crippen LogP contribution in [0.4, 0.5) is 0 Å².